The molecule has 3 nitrogen and oxygen atoms in total. The maximum atomic E-state index is 10.8. The smallest absolute Gasteiger partial charge is 0.307 e. The number of hydrogen-bond acceptors (Lipinski definition) is 3. The van der Waals surface area contributed by atoms with Gasteiger partial charge in [0.25, 0.3) is 0 Å². The molecule has 0 amide bonds. The van der Waals surface area contributed by atoms with Gasteiger partial charge >= 0.3 is 4.87 Å². The highest BCUT2D eigenvalue weighted by molar-refractivity contribution is 7.09. The Morgan fingerprint density at radius 2 is 2.42 bits per heavy atom. The van der Waals surface area contributed by atoms with Gasteiger partial charge in [-0.1, -0.05) is 23.0 Å². The first kappa shape index (κ1) is 9.06. The van der Waals surface area contributed by atoms with Crippen molar-refractivity contribution in [3.05, 3.63) is 26.2 Å². The summed E-state index contributed by atoms with van der Waals surface area (Å²) in [5.41, 5.74) is 1.14. The Balaban J connectivity index is 2.89. The highest BCUT2D eigenvalue weighted by atomic mass is 32.1. The lowest BCUT2D eigenvalue weighted by Crippen LogP contribution is -1.89. The first-order chi connectivity index (χ1) is 5.63. The number of aromatic amines is 1. The van der Waals surface area contributed by atoms with E-state index in [1.54, 1.807) is 0 Å². The summed E-state index contributed by atoms with van der Waals surface area (Å²) in [7, 11) is 0. The zero-order valence-corrected chi connectivity index (χ0v) is 7.86. The summed E-state index contributed by atoms with van der Waals surface area (Å²) < 4.78 is 0. The molecule has 0 radical (unpaired) electrons. The maximum absolute atomic E-state index is 10.8. The highest BCUT2D eigenvalue weighted by Crippen LogP contribution is 2.19. The summed E-state index contributed by atoms with van der Waals surface area (Å²) in [5.74, 6) is 0.00574. The van der Waals surface area contributed by atoms with Crippen molar-refractivity contribution < 1.29 is 5.11 Å². The normalized spacial score (nSPS) is 12.0. The van der Waals surface area contributed by atoms with Crippen molar-refractivity contribution in [1.82, 2.24) is 4.98 Å². The minimum atomic E-state index is -0.202. The van der Waals surface area contributed by atoms with Crippen molar-refractivity contribution in [3.8, 4) is 5.88 Å². The Kier molecular flexibility index (Phi) is 2.70. The van der Waals surface area contributed by atoms with Crippen LogP contribution in [0.4, 0.5) is 0 Å². The Labute approximate surface area is 74.4 Å². The lowest BCUT2D eigenvalue weighted by Gasteiger charge is -1.95. The molecule has 0 bridgehead atoms. The van der Waals surface area contributed by atoms with Gasteiger partial charge in [0.1, 0.15) is 0 Å². The van der Waals surface area contributed by atoms with Gasteiger partial charge in [-0.3, -0.25) is 9.78 Å². The van der Waals surface area contributed by atoms with Crippen LogP contribution in [0.15, 0.2) is 16.4 Å². The topological polar surface area (TPSA) is 53.1 Å². The van der Waals surface area contributed by atoms with Crippen molar-refractivity contribution in [1.29, 1.82) is 0 Å². The summed E-state index contributed by atoms with van der Waals surface area (Å²) in [6.45, 7) is 3.89. The molecule has 0 saturated heterocycles. The van der Waals surface area contributed by atoms with Crippen LogP contribution in [0.5, 0.6) is 5.88 Å². The molecule has 66 valence electrons. The van der Waals surface area contributed by atoms with Crippen LogP contribution in [0, 0.1) is 0 Å². The van der Waals surface area contributed by atoms with Crippen molar-refractivity contribution in [2.45, 2.75) is 20.3 Å². The zero-order valence-electron chi connectivity index (χ0n) is 7.05. The molecular formula is C8H11NO2S. The van der Waals surface area contributed by atoms with Gasteiger partial charge in [0.05, 0.1) is 4.88 Å². The van der Waals surface area contributed by atoms with Gasteiger partial charge in [0.2, 0.25) is 5.88 Å². The van der Waals surface area contributed by atoms with E-state index in [-0.39, 0.29) is 10.8 Å². The lowest BCUT2D eigenvalue weighted by atomic mass is 10.2. The second kappa shape index (κ2) is 3.58. The van der Waals surface area contributed by atoms with Crippen LogP contribution < -0.4 is 4.87 Å². The maximum Gasteiger partial charge on any atom is 0.307 e. The molecule has 0 atom stereocenters. The van der Waals surface area contributed by atoms with E-state index < -0.39 is 0 Å². The van der Waals surface area contributed by atoms with E-state index in [4.69, 9.17) is 0 Å². The van der Waals surface area contributed by atoms with Crippen LogP contribution in [0.3, 0.4) is 0 Å². The van der Waals surface area contributed by atoms with Crippen molar-refractivity contribution >= 4 is 11.3 Å². The largest absolute Gasteiger partial charge is 0.494 e. The fourth-order valence-electron chi connectivity index (χ4n) is 0.827. The van der Waals surface area contributed by atoms with E-state index in [9.17, 15) is 9.90 Å². The number of rotatable bonds is 2. The van der Waals surface area contributed by atoms with Gasteiger partial charge in [-0.15, -0.1) is 0 Å². The molecule has 0 aliphatic rings. The minimum absolute atomic E-state index is 0.00574. The summed E-state index contributed by atoms with van der Waals surface area (Å²) in [6, 6.07) is 0. The number of H-pyrrole nitrogens is 1. The zero-order chi connectivity index (χ0) is 9.14. The summed E-state index contributed by atoms with van der Waals surface area (Å²) >= 11 is 1.06. The molecule has 0 aliphatic heterocycles. The number of nitrogens with one attached hydrogen (secondary N) is 1. The summed E-state index contributed by atoms with van der Waals surface area (Å²) in [6.07, 6.45) is 2.61. The molecule has 1 rings (SSSR count). The molecule has 4 heteroatoms. The number of aromatic nitrogens is 1. The van der Waals surface area contributed by atoms with Gasteiger partial charge in [-0.2, -0.15) is 0 Å². The molecule has 1 heterocycles. The molecule has 1 aromatic heterocycles. The molecular weight excluding hydrogens is 174 g/mol. The van der Waals surface area contributed by atoms with E-state index in [2.05, 4.69) is 4.98 Å². The SMILES string of the molecule is CC=C(C)Cc1sc(=O)[nH]c1O. The third-order valence-corrected chi connectivity index (χ3v) is 2.50. The monoisotopic (exact) mass is 185 g/mol. The van der Waals surface area contributed by atoms with E-state index in [1.165, 1.54) is 0 Å². The predicted octanol–water partition coefficient (Wildman–Crippen LogP) is 1.65. The van der Waals surface area contributed by atoms with Crippen LogP contribution in [-0.4, -0.2) is 10.1 Å². The van der Waals surface area contributed by atoms with E-state index in [1.807, 2.05) is 19.9 Å². The fraction of sp³-hybridized carbons (Fsp3) is 0.375. The third-order valence-electron chi connectivity index (χ3n) is 1.63. The predicted molar refractivity (Wildman–Crippen MR) is 49.7 cm³/mol. The molecule has 1 aromatic rings. The average molecular weight is 185 g/mol. The van der Waals surface area contributed by atoms with Crippen LogP contribution in [-0.2, 0) is 6.42 Å². The minimum Gasteiger partial charge on any atom is -0.494 e. The second-order valence-corrected chi connectivity index (χ2v) is 3.67. The molecule has 0 spiro atoms. The highest BCUT2D eigenvalue weighted by Gasteiger charge is 2.05. The number of aromatic hydroxyl groups is 1. The van der Waals surface area contributed by atoms with Crippen molar-refractivity contribution in [2.24, 2.45) is 0 Å². The first-order valence-electron chi connectivity index (χ1n) is 3.66. The lowest BCUT2D eigenvalue weighted by molar-refractivity contribution is 0.451. The summed E-state index contributed by atoms with van der Waals surface area (Å²) in [5, 5.41) is 9.20. The molecule has 2 N–H and O–H groups in total. The van der Waals surface area contributed by atoms with Gasteiger partial charge in [-0.25, -0.2) is 0 Å². The third kappa shape index (κ3) is 1.98. The number of hydrogen-bond donors (Lipinski definition) is 2. The van der Waals surface area contributed by atoms with E-state index in [0.29, 0.717) is 11.3 Å². The molecule has 0 unspecified atom stereocenters. The average Bonchev–Trinajstić information content (AvgIpc) is 2.30. The Bertz CT molecular complexity index is 348. The standard InChI is InChI=1S/C8H11NO2S/c1-3-5(2)4-6-7(10)9-8(11)12-6/h3,10H,4H2,1-2H3,(H,9,11). The van der Waals surface area contributed by atoms with Crippen LogP contribution in [0.1, 0.15) is 18.7 Å². The van der Waals surface area contributed by atoms with Gasteiger partial charge in [-0.05, 0) is 13.8 Å². The summed E-state index contributed by atoms with van der Waals surface area (Å²) in [4.78, 5) is 13.6. The van der Waals surface area contributed by atoms with Crippen molar-refractivity contribution in [3.63, 3.8) is 0 Å². The van der Waals surface area contributed by atoms with Crippen LogP contribution >= 0.6 is 11.3 Å². The first-order valence-corrected chi connectivity index (χ1v) is 4.48. The quantitative estimate of drug-likeness (QED) is 0.688. The van der Waals surface area contributed by atoms with Crippen molar-refractivity contribution in [2.75, 3.05) is 0 Å². The molecule has 12 heavy (non-hydrogen) atoms. The second-order valence-electron chi connectivity index (χ2n) is 2.60. The van der Waals surface area contributed by atoms with Gasteiger partial charge in [0.15, 0.2) is 0 Å². The molecule has 0 saturated carbocycles. The van der Waals surface area contributed by atoms with E-state index in [0.717, 1.165) is 16.9 Å². The Hall–Kier alpha value is -1.03. The molecule has 0 aromatic carbocycles. The van der Waals surface area contributed by atoms with E-state index >= 15 is 0 Å². The molecule has 0 aliphatic carbocycles. The van der Waals surface area contributed by atoms with Crippen LogP contribution in [0.25, 0.3) is 0 Å². The number of thiazole rings is 1. The number of allylic oxidation sites excluding steroid dienone is 2. The Morgan fingerprint density at radius 3 is 2.83 bits per heavy atom. The Morgan fingerprint density at radius 1 is 1.75 bits per heavy atom. The van der Waals surface area contributed by atoms with Gasteiger partial charge < -0.3 is 5.11 Å². The molecule has 0 fully saturated rings. The fourth-order valence-corrected chi connectivity index (χ4v) is 1.65. The van der Waals surface area contributed by atoms with Gasteiger partial charge in [0, 0.05) is 6.42 Å². The van der Waals surface area contributed by atoms with Crippen LogP contribution in [0.2, 0.25) is 0 Å².